The fourth-order valence-electron chi connectivity index (χ4n) is 7.25. The Morgan fingerprint density at radius 3 is 2.22 bits per heavy atom. The van der Waals surface area contributed by atoms with Crippen LogP contribution in [0.2, 0.25) is 5.02 Å². The number of benzene rings is 4. The van der Waals surface area contributed by atoms with E-state index in [4.69, 9.17) is 16.3 Å². The minimum atomic E-state index is -2.90. The fourth-order valence-corrected chi connectivity index (χ4v) is 7.49. The molecule has 3 amide bonds. The lowest BCUT2D eigenvalue weighted by Gasteiger charge is -2.39. The van der Waals surface area contributed by atoms with Gasteiger partial charge >= 0.3 is 6.09 Å². The molecule has 7 rings (SSSR count). The van der Waals surface area contributed by atoms with Crippen LogP contribution >= 0.6 is 11.6 Å². The van der Waals surface area contributed by atoms with Crippen LogP contribution in [-0.2, 0) is 14.3 Å². The molecule has 0 spiro atoms. The summed E-state index contributed by atoms with van der Waals surface area (Å²) in [6, 6.07) is 24.1. The van der Waals surface area contributed by atoms with Gasteiger partial charge in [-0.25, -0.2) is 18.0 Å². The molecule has 0 radical (unpaired) electrons. The Hall–Kier alpha value is -4.83. The van der Waals surface area contributed by atoms with Crippen molar-refractivity contribution in [2.75, 3.05) is 18.1 Å². The number of hydrogen-bond donors (Lipinski definition) is 1. The average molecular weight is 688 g/mol. The lowest BCUT2D eigenvalue weighted by atomic mass is 9.87. The second kappa shape index (κ2) is 13.2. The van der Waals surface area contributed by atoms with E-state index in [2.05, 4.69) is 5.32 Å². The Morgan fingerprint density at radius 1 is 0.918 bits per heavy atom. The van der Waals surface area contributed by atoms with Crippen molar-refractivity contribution in [3.8, 4) is 11.1 Å². The molecule has 1 saturated heterocycles. The van der Waals surface area contributed by atoms with E-state index in [1.165, 1.54) is 23.1 Å². The molecule has 49 heavy (non-hydrogen) atoms. The maximum Gasteiger partial charge on any atom is 0.410 e. The Balaban J connectivity index is 1.18. The molecular weight excluding hydrogens is 655 g/mol. The molecule has 1 heterocycles. The number of carbonyl (C=O) groups excluding carboxylic acids is 3. The smallest absolute Gasteiger partial charge is 0.410 e. The number of rotatable bonds is 8. The molecule has 1 saturated carbocycles. The van der Waals surface area contributed by atoms with Crippen molar-refractivity contribution in [3.05, 3.63) is 125 Å². The highest BCUT2D eigenvalue weighted by Gasteiger charge is 2.48. The van der Waals surface area contributed by atoms with Crippen LogP contribution in [0.1, 0.15) is 54.3 Å². The van der Waals surface area contributed by atoms with Gasteiger partial charge in [0, 0.05) is 47.6 Å². The lowest BCUT2D eigenvalue weighted by molar-refractivity contribution is -0.133. The van der Waals surface area contributed by atoms with Crippen molar-refractivity contribution in [1.82, 2.24) is 10.2 Å². The molecule has 7 nitrogen and oxygen atoms in total. The SMILES string of the molecule is O=C(NC1CC(F)(F)C1)C(c1ccccc1Cl)N(C(=O)C1CCCN1C(=O)OCC1c2ccccc2-c2ccccc21)c1cccc(F)c1. The zero-order chi connectivity index (χ0) is 34.3. The number of fused-ring (bicyclic) bond motifs is 3. The number of halogens is 4. The number of carbonyl (C=O) groups is 3. The van der Waals surface area contributed by atoms with Gasteiger partial charge in [0.05, 0.1) is 0 Å². The molecule has 3 aliphatic rings. The van der Waals surface area contributed by atoms with Crippen molar-refractivity contribution in [2.45, 2.75) is 55.6 Å². The standard InChI is InChI=1S/C38H33ClF3N3O4/c39-32-16-6-5-15-30(32)34(35(46)43-24-20-38(41,42)21-24)45(25-10-7-9-23(40)19-25)36(47)33-17-8-18-44(33)37(48)49-22-31-28-13-3-1-11-26(28)27-12-2-4-14-29(27)31/h1-7,9-16,19,24,31,33-34H,8,17-18,20-22H2,(H,43,46). The quantitative estimate of drug-likeness (QED) is 0.205. The number of amides is 3. The first-order chi connectivity index (χ1) is 23.6. The minimum Gasteiger partial charge on any atom is -0.448 e. The summed E-state index contributed by atoms with van der Waals surface area (Å²) >= 11 is 6.58. The Labute approximate surface area is 286 Å². The molecular formula is C38H33ClF3N3O4. The van der Waals surface area contributed by atoms with Crippen LogP contribution in [0.3, 0.4) is 0 Å². The highest BCUT2D eigenvalue weighted by Crippen LogP contribution is 2.45. The maximum absolute atomic E-state index is 14.7. The van der Waals surface area contributed by atoms with Gasteiger partial charge in [0.25, 0.3) is 11.8 Å². The largest absolute Gasteiger partial charge is 0.448 e. The van der Waals surface area contributed by atoms with Gasteiger partial charge in [0.2, 0.25) is 5.91 Å². The zero-order valence-corrected chi connectivity index (χ0v) is 27.1. The van der Waals surface area contributed by atoms with E-state index in [1.54, 1.807) is 24.3 Å². The molecule has 2 aliphatic carbocycles. The van der Waals surface area contributed by atoms with Crippen LogP contribution in [0.5, 0.6) is 0 Å². The van der Waals surface area contributed by atoms with Crippen LogP contribution in [0.4, 0.5) is 23.7 Å². The van der Waals surface area contributed by atoms with E-state index < -0.39 is 60.6 Å². The molecule has 4 aromatic rings. The summed E-state index contributed by atoms with van der Waals surface area (Å²) in [4.78, 5) is 44.9. The molecule has 1 N–H and O–H groups in total. The minimum absolute atomic E-state index is 0.0448. The topological polar surface area (TPSA) is 79.0 Å². The first kappa shape index (κ1) is 32.7. The second-order valence-corrected chi connectivity index (χ2v) is 13.1. The van der Waals surface area contributed by atoms with Crippen molar-refractivity contribution in [3.63, 3.8) is 0 Å². The van der Waals surface area contributed by atoms with Crippen LogP contribution in [0.25, 0.3) is 11.1 Å². The summed E-state index contributed by atoms with van der Waals surface area (Å²) < 4.78 is 48.1. The number of alkyl halides is 2. The van der Waals surface area contributed by atoms with Gasteiger partial charge in [0.1, 0.15) is 24.5 Å². The third-order valence-electron chi connectivity index (χ3n) is 9.58. The molecule has 2 fully saturated rings. The molecule has 1 aliphatic heterocycles. The van der Waals surface area contributed by atoms with Gasteiger partial charge in [0.15, 0.2) is 0 Å². The molecule has 252 valence electrons. The monoisotopic (exact) mass is 687 g/mol. The third-order valence-corrected chi connectivity index (χ3v) is 9.92. The lowest BCUT2D eigenvalue weighted by Crippen LogP contribution is -2.56. The van der Waals surface area contributed by atoms with Gasteiger partial charge in [-0.2, -0.15) is 0 Å². The number of nitrogens with one attached hydrogen (secondary N) is 1. The summed E-state index contributed by atoms with van der Waals surface area (Å²) in [5.41, 5.74) is 4.50. The van der Waals surface area contributed by atoms with Crippen molar-refractivity contribution >= 4 is 35.2 Å². The zero-order valence-electron chi connectivity index (χ0n) is 26.3. The average Bonchev–Trinajstić information content (AvgIpc) is 3.69. The van der Waals surface area contributed by atoms with E-state index in [9.17, 15) is 27.6 Å². The van der Waals surface area contributed by atoms with Gasteiger partial charge in [-0.05, 0) is 59.4 Å². The van der Waals surface area contributed by atoms with Crippen LogP contribution in [-0.4, -0.2) is 54.0 Å². The van der Waals surface area contributed by atoms with Gasteiger partial charge in [-0.3, -0.25) is 19.4 Å². The summed E-state index contributed by atoms with van der Waals surface area (Å²) in [7, 11) is 0. The summed E-state index contributed by atoms with van der Waals surface area (Å²) in [5, 5.41) is 2.79. The van der Waals surface area contributed by atoms with Gasteiger partial charge in [-0.1, -0.05) is 84.4 Å². The first-order valence-electron chi connectivity index (χ1n) is 16.2. The Bertz CT molecular complexity index is 1870. The van der Waals surface area contributed by atoms with Gasteiger partial charge in [-0.15, -0.1) is 0 Å². The molecule has 11 heteroatoms. The van der Waals surface area contributed by atoms with Crippen LogP contribution in [0, 0.1) is 5.82 Å². The molecule has 4 aromatic carbocycles. The highest BCUT2D eigenvalue weighted by molar-refractivity contribution is 6.31. The molecule has 0 aromatic heterocycles. The molecule has 0 bridgehead atoms. The number of likely N-dealkylation sites (tertiary alicyclic amines) is 1. The van der Waals surface area contributed by atoms with Gasteiger partial charge < -0.3 is 10.1 Å². The molecule has 2 unspecified atom stereocenters. The van der Waals surface area contributed by atoms with Crippen molar-refractivity contribution < 1.29 is 32.3 Å². The summed E-state index contributed by atoms with van der Waals surface area (Å²) in [6.07, 6.45) is -1.02. The Kier molecular flexibility index (Phi) is 8.83. The van der Waals surface area contributed by atoms with Crippen molar-refractivity contribution in [2.24, 2.45) is 0 Å². The normalized spacial score (nSPS) is 18.6. The van der Waals surface area contributed by atoms with Crippen LogP contribution < -0.4 is 10.2 Å². The number of hydrogen-bond acceptors (Lipinski definition) is 4. The third kappa shape index (κ3) is 6.37. The first-order valence-corrected chi connectivity index (χ1v) is 16.6. The van der Waals surface area contributed by atoms with E-state index >= 15 is 0 Å². The Morgan fingerprint density at radius 2 is 1.57 bits per heavy atom. The second-order valence-electron chi connectivity index (χ2n) is 12.7. The number of ether oxygens (including phenoxy) is 1. The van der Waals surface area contributed by atoms with E-state index in [-0.39, 0.29) is 41.8 Å². The molecule has 2 atom stereocenters. The number of nitrogens with zero attached hydrogens (tertiary/aromatic N) is 2. The number of anilines is 1. The summed E-state index contributed by atoms with van der Waals surface area (Å²) in [5.74, 6) is -5.16. The van der Waals surface area contributed by atoms with E-state index in [0.29, 0.717) is 6.42 Å². The van der Waals surface area contributed by atoms with Crippen LogP contribution in [0.15, 0.2) is 97.1 Å². The predicted octanol–water partition coefficient (Wildman–Crippen LogP) is 7.88. The highest BCUT2D eigenvalue weighted by atomic mass is 35.5. The van der Waals surface area contributed by atoms with Crippen molar-refractivity contribution in [1.29, 1.82) is 0 Å². The predicted molar refractivity (Wildman–Crippen MR) is 179 cm³/mol. The summed E-state index contributed by atoms with van der Waals surface area (Å²) in [6.45, 7) is 0.277. The van der Waals surface area contributed by atoms with E-state index in [0.717, 1.165) is 33.2 Å². The van der Waals surface area contributed by atoms with E-state index in [1.807, 2.05) is 48.5 Å². The fraction of sp³-hybridized carbons (Fsp3) is 0.289. The maximum atomic E-state index is 14.7.